The highest BCUT2D eigenvalue weighted by atomic mass is 35.5. The van der Waals surface area contributed by atoms with Crippen molar-refractivity contribution in [1.29, 1.82) is 0 Å². The van der Waals surface area contributed by atoms with E-state index in [2.05, 4.69) is 5.32 Å². The molecule has 6 nitrogen and oxygen atoms in total. The molecule has 0 aliphatic carbocycles. The summed E-state index contributed by atoms with van der Waals surface area (Å²) >= 11 is 11.8. The summed E-state index contributed by atoms with van der Waals surface area (Å²) < 4.78 is 0. The Hall–Kier alpha value is -2.31. The number of nitrogens with two attached hydrogens (primary N) is 1. The fraction of sp³-hybridized carbons (Fsp3) is 0.0714. The van der Waals surface area contributed by atoms with Crippen molar-refractivity contribution >= 4 is 40.5 Å². The summed E-state index contributed by atoms with van der Waals surface area (Å²) in [6, 6.07) is 8.79. The normalized spacial score (nSPS) is 10.3. The molecular weight excluding hydrogens is 329 g/mol. The van der Waals surface area contributed by atoms with E-state index in [1.54, 1.807) is 18.2 Å². The Kier molecular flexibility index (Phi) is 4.85. The molecule has 0 aliphatic rings. The van der Waals surface area contributed by atoms with Gasteiger partial charge in [0.15, 0.2) is 0 Å². The van der Waals surface area contributed by atoms with Crippen LogP contribution in [0, 0.1) is 10.1 Å². The van der Waals surface area contributed by atoms with Crippen molar-refractivity contribution in [3.05, 3.63) is 67.7 Å². The van der Waals surface area contributed by atoms with Gasteiger partial charge < -0.3 is 11.1 Å². The van der Waals surface area contributed by atoms with Crippen molar-refractivity contribution in [2.45, 2.75) is 6.54 Å². The molecule has 0 fully saturated rings. The lowest BCUT2D eigenvalue weighted by Gasteiger charge is -2.08. The summed E-state index contributed by atoms with van der Waals surface area (Å²) in [4.78, 5) is 22.2. The van der Waals surface area contributed by atoms with Gasteiger partial charge in [0.05, 0.1) is 4.92 Å². The number of nitrogens with zero attached hydrogens (tertiary/aromatic N) is 1. The number of hydrogen-bond donors (Lipinski definition) is 2. The molecule has 2 aromatic carbocycles. The van der Waals surface area contributed by atoms with Crippen molar-refractivity contribution in [3.63, 3.8) is 0 Å². The van der Waals surface area contributed by atoms with E-state index in [9.17, 15) is 14.9 Å². The number of carbonyl (C=O) groups excluding carboxylic acids is 1. The largest absolute Gasteiger partial charge is 0.393 e. The molecule has 0 aromatic heterocycles. The van der Waals surface area contributed by atoms with Crippen LogP contribution in [-0.2, 0) is 6.54 Å². The summed E-state index contributed by atoms with van der Waals surface area (Å²) in [7, 11) is 0. The number of amides is 1. The molecule has 114 valence electrons. The smallest absolute Gasteiger partial charge is 0.292 e. The summed E-state index contributed by atoms with van der Waals surface area (Å²) in [5.41, 5.74) is 6.01. The predicted octanol–water partition coefficient (Wildman–Crippen LogP) is 3.41. The summed E-state index contributed by atoms with van der Waals surface area (Å²) in [6.07, 6.45) is 0. The zero-order chi connectivity index (χ0) is 16.3. The lowest BCUT2D eigenvalue weighted by Crippen LogP contribution is -2.23. The number of rotatable bonds is 4. The maximum absolute atomic E-state index is 12.0. The minimum Gasteiger partial charge on any atom is -0.393 e. The van der Waals surface area contributed by atoms with E-state index >= 15 is 0 Å². The van der Waals surface area contributed by atoms with Crippen LogP contribution in [0.2, 0.25) is 10.0 Å². The first-order valence-corrected chi connectivity index (χ1v) is 6.90. The zero-order valence-corrected chi connectivity index (χ0v) is 12.7. The van der Waals surface area contributed by atoms with Gasteiger partial charge in [-0.15, -0.1) is 0 Å². The number of benzene rings is 2. The van der Waals surface area contributed by atoms with Crippen LogP contribution in [0.5, 0.6) is 0 Å². The maximum Gasteiger partial charge on any atom is 0.292 e. The van der Waals surface area contributed by atoms with Gasteiger partial charge in [-0.05, 0) is 29.8 Å². The predicted molar refractivity (Wildman–Crippen MR) is 85.1 cm³/mol. The molecule has 0 saturated heterocycles. The zero-order valence-electron chi connectivity index (χ0n) is 11.2. The Labute approximate surface area is 136 Å². The average molecular weight is 340 g/mol. The molecule has 22 heavy (non-hydrogen) atoms. The second-order valence-corrected chi connectivity index (χ2v) is 5.29. The second-order valence-electron chi connectivity index (χ2n) is 4.45. The number of halogens is 2. The number of nitrogen functional groups attached to an aromatic ring is 1. The van der Waals surface area contributed by atoms with E-state index in [1.165, 1.54) is 12.1 Å². The first-order chi connectivity index (χ1) is 10.4. The minimum absolute atomic E-state index is 0.00213. The monoisotopic (exact) mass is 339 g/mol. The third-order valence-corrected chi connectivity index (χ3v) is 3.53. The quantitative estimate of drug-likeness (QED) is 0.506. The van der Waals surface area contributed by atoms with Crippen LogP contribution in [-0.4, -0.2) is 10.8 Å². The maximum atomic E-state index is 12.0. The fourth-order valence-electron chi connectivity index (χ4n) is 1.79. The van der Waals surface area contributed by atoms with Crippen LogP contribution in [0.15, 0.2) is 36.4 Å². The molecule has 0 atom stereocenters. The van der Waals surface area contributed by atoms with Gasteiger partial charge in [-0.3, -0.25) is 14.9 Å². The van der Waals surface area contributed by atoms with Gasteiger partial charge in [-0.25, -0.2) is 0 Å². The van der Waals surface area contributed by atoms with Crippen LogP contribution < -0.4 is 11.1 Å². The fourth-order valence-corrected chi connectivity index (χ4v) is 2.26. The van der Waals surface area contributed by atoms with E-state index < -0.39 is 10.8 Å². The Balaban J connectivity index is 2.12. The van der Waals surface area contributed by atoms with Gasteiger partial charge in [0, 0.05) is 28.2 Å². The van der Waals surface area contributed by atoms with Gasteiger partial charge in [0.25, 0.3) is 11.6 Å². The van der Waals surface area contributed by atoms with Crippen LogP contribution in [0.25, 0.3) is 0 Å². The van der Waals surface area contributed by atoms with Crippen molar-refractivity contribution in [2.24, 2.45) is 0 Å². The highest BCUT2D eigenvalue weighted by molar-refractivity contribution is 6.35. The molecule has 0 spiro atoms. The van der Waals surface area contributed by atoms with Gasteiger partial charge in [-0.1, -0.05) is 29.3 Å². The molecule has 2 rings (SSSR count). The molecule has 0 radical (unpaired) electrons. The van der Waals surface area contributed by atoms with Crippen LogP contribution in [0.3, 0.4) is 0 Å². The number of nitro benzene ring substituents is 1. The second kappa shape index (κ2) is 6.64. The standard InChI is InChI=1S/C14H11Cl2N3O3/c15-10-3-1-9(11(16)6-10)7-18-14(20)8-2-4-12(17)13(5-8)19(21)22/h1-6H,7,17H2,(H,18,20). The first-order valence-electron chi connectivity index (χ1n) is 6.14. The molecular formula is C14H11Cl2N3O3. The lowest BCUT2D eigenvalue weighted by molar-refractivity contribution is -0.383. The molecule has 1 amide bonds. The van der Waals surface area contributed by atoms with Gasteiger partial charge in [0.1, 0.15) is 5.69 Å². The van der Waals surface area contributed by atoms with Gasteiger partial charge in [0.2, 0.25) is 0 Å². The van der Waals surface area contributed by atoms with Crippen LogP contribution in [0.1, 0.15) is 15.9 Å². The third kappa shape index (κ3) is 3.66. The van der Waals surface area contributed by atoms with E-state index in [-0.39, 0.29) is 23.5 Å². The molecule has 2 aromatic rings. The van der Waals surface area contributed by atoms with E-state index in [0.29, 0.717) is 15.6 Å². The average Bonchev–Trinajstić information content (AvgIpc) is 2.46. The molecule has 0 heterocycles. The Bertz CT molecular complexity index is 750. The third-order valence-electron chi connectivity index (χ3n) is 2.94. The Morgan fingerprint density at radius 1 is 1.23 bits per heavy atom. The molecule has 3 N–H and O–H groups in total. The molecule has 0 bridgehead atoms. The van der Waals surface area contributed by atoms with Gasteiger partial charge >= 0.3 is 0 Å². The van der Waals surface area contributed by atoms with Crippen molar-refractivity contribution in [2.75, 3.05) is 5.73 Å². The summed E-state index contributed by atoms with van der Waals surface area (Å²) in [6.45, 7) is 0.174. The number of carbonyl (C=O) groups is 1. The Morgan fingerprint density at radius 2 is 1.95 bits per heavy atom. The molecule has 0 unspecified atom stereocenters. The van der Waals surface area contributed by atoms with E-state index in [0.717, 1.165) is 6.07 Å². The van der Waals surface area contributed by atoms with Crippen molar-refractivity contribution in [3.8, 4) is 0 Å². The number of hydrogen-bond acceptors (Lipinski definition) is 4. The van der Waals surface area contributed by atoms with E-state index in [1.807, 2.05) is 0 Å². The van der Waals surface area contributed by atoms with Crippen LogP contribution in [0.4, 0.5) is 11.4 Å². The van der Waals surface area contributed by atoms with E-state index in [4.69, 9.17) is 28.9 Å². The molecule has 0 aliphatic heterocycles. The van der Waals surface area contributed by atoms with Crippen molar-refractivity contribution < 1.29 is 9.72 Å². The summed E-state index contributed by atoms with van der Waals surface area (Å²) in [5.74, 6) is -0.464. The SMILES string of the molecule is Nc1ccc(C(=O)NCc2ccc(Cl)cc2Cl)cc1[N+](=O)[O-]. The van der Waals surface area contributed by atoms with Gasteiger partial charge in [-0.2, -0.15) is 0 Å². The lowest BCUT2D eigenvalue weighted by atomic mass is 10.1. The summed E-state index contributed by atoms with van der Waals surface area (Å²) in [5, 5.41) is 14.4. The molecule has 8 heteroatoms. The topological polar surface area (TPSA) is 98.3 Å². The Morgan fingerprint density at radius 3 is 2.59 bits per heavy atom. The highest BCUT2D eigenvalue weighted by Gasteiger charge is 2.15. The number of nitrogens with one attached hydrogen (secondary N) is 1. The first kappa shape index (κ1) is 16.1. The number of anilines is 1. The molecule has 0 saturated carbocycles. The number of nitro groups is 1. The highest BCUT2D eigenvalue weighted by Crippen LogP contribution is 2.23. The van der Waals surface area contributed by atoms with Crippen molar-refractivity contribution in [1.82, 2.24) is 5.32 Å². The minimum atomic E-state index is -0.637. The van der Waals surface area contributed by atoms with Crippen LogP contribution >= 0.6 is 23.2 Å².